The third kappa shape index (κ3) is 8.56. The van der Waals surface area contributed by atoms with Gasteiger partial charge in [0.05, 0.1) is 30.9 Å². The van der Waals surface area contributed by atoms with Crippen molar-refractivity contribution in [3.8, 4) is 5.75 Å². The summed E-state index contributed by atoms with van der Waals surface area (Å²) >= 11 is 0. The zero-order valence-electron chi connectivity index (χ0n) is 26.4. The Bertz CT molecular complexity index is 1420. The van der Waals surface area contributed by atoms with Crippen LogP contribution in [-0.4, -0.2) is 137 Å². The topological polar surface area (TPSA) is 157 Å². The van der Waals surface area contributed by atoms with Gasteiger partial charge in [-0.05, 0) is 62.5 Å². The molecule has 5 amide bonds. The zero-order valence-corrected chi connectivity index (χ0v) is 26.4. The number of fused-ring (bicyclic) bond motifs is 3. The Kier molecular flexibility index (Phi) is 10.8. The second-order valence-corrected chi connectivity index (χ2v) is 12.3. The van der Waals surface area contributed by atoms with Gasteiger partial charge in [0.2, 0.25) is 23.6 Å². The summed E-state index contributed by atoms with van der Waals surface area (Å²) in [6.07, 6.45) is 9.41. The van der Waals surface area contributed by atoms with E-state index in [2.05, 4.69) is 25.5 Å². The molecule has 3 aliphatic rings. The van der Waals surface area contributed by atoms with Gasteiger partial charge in [-0.2, -0.15) is 0 Å². The van der Waals surface area contributed by atoms with Crippen LogP contribution < -0.4 is 15.4 Å². The first-order valence-electron chi connectivity index (χ1n) is 15.7. The maximum Gasteiger partial charge on any atom is 0.255 e. The lowest BCUT2D eigenvalue weighted by Gasteiger charge is -2.30. The fourth-order valence-corrected chi connectivity index (χ4v) is 6.18. The summed E-state index contributed by atoms with van der Waals surface area (Å²) in [7, 11) is 3.04. The first kappa shape index (κ1) is 32.8. The van der Waals surface area contributed by atoms with Crippen molar-refractivity contribution in [3.05, 3.63) is 54.1 Å². The van der Waals surface area contributed by atoms with E-state index in [1.807, 2.05) is 12.1 Å². The highest BCUT2D eigenvalue weighted by atomic mass is 16.5. The first-order chi connectivity index (χ1) is 22.2. The van der Waals surface area contributed by atoms with E-state index >= 15 is 0 Å². The van der Waals surface area contributed by atoms with Crippen molar-refractivity contribution in [3.63, 3.8) is 0 Å². The average molecular weight is 635 g/mol. The molecule has 5 heterocycles. The largest absolute Gasteiger partial charge is 0.490 e. The maximum atomic E-state index is 13.7. The number of hydrogen-bond acceptors (Lipinski definition) is 9. The smallest absolute Gasteiger partial charge is 0.255 e. The van der Waals surface area contributed by atoms with E-state index in [1.54, 1.807) is 23.4 Å². The summed E-state index contributed by atoms with van der Waals surface area (Å²) in [5.41, 5.74) is 1.18. The minimum absolute atomic E-state index is 0.0858. The van der Waals surface area contributed by atoms with Crippen molar-refractivity contribution in [1.82, 2.24) is 40.2 Å². The van der Waals surface area contributed by atoms with E-state index in [-0.39, 0.29) is 68.0 Å². The van der Waals surface area contributed by atoms with E-state index in [0.717, 1.165) is 31.5 Å². The van der Waals surface area contributed by atoms with E-state index in [1.165, 1.54) is 36.3 Å². The normalized spacial score (nSPS) is 23.0. The molecule has 2 N–H and O–H groups in total. The molecule has 3 atom stereocenters. The van der Waals surface area contributed by atoms with Crippen LogP contribution in [0.5, 0.6) is 5.75 Å². The summed E-state index contributed by atoms with van der Waals surface area (Å²) in [5.74, 6) is -1.31. The number of carbonyl (C=O) groups excluding carboxylic acids is 5. The highest BCUT2D eigenvalue weighted by Gasteiger charge is 2.38. The van der Waals surface area contributed by atoms with E-state index in [9.17, 15) is 24.0 Å². The number of pyridine rings is 2. The number of carbonyl (C=O) groups is 5. The Labute approximate surface area is 268 Å². The standard InChI is InChI=1S/C32H42N8O6/c1-37-18-27(36-28(41)6-5-22-7-9-33-10-8-22)32(45)38(2)20-30(43)40-17-24(35-29(42)19-39-11-3-4-12-39)14-25(40)21-46-26-13-23(31(37)44)15-34-16-26/h7-10,13,15-16,24-25,27H,3-6,11-12,14,17-21H2,1-2H3,(H,35,42)(H,36,41)/t24-,25-,27-/m0/s1. The number of aryl methyl sites for hydroxylation is 1. The average Bonchev–Trinajstić information content (AvgIpc) is 3.71. The van der Waals surface area contributed by atoms with Gasteiger partial charge in [-0.3, -0.25) is 38.8 Å². The fraction of sp³-hybridized carbons (Fsp3) is 0.531. The molecule has 0 aromatic carbocycles. The van der Waals surface area contributed by atoms with E-state index in [4.69, 9.17) is 4.74 Å². The Morgan fingerprint density at radius 1 is 0.957 bits per heavy atom. The van der Waals surface area contributed by atoms with Gasteiger partial charge >= 0.3 is 0 Å². The zero-order chi connectivity index (χ0) is 32.6. The number of nitrogens with zero attached hydrogens (tertiary/aromatic N) is 6. The van der Waals surface area contributed by atoms with Crippen LogP contribution in [0.3, 0.4) is 0 Å². The molecule has 246 valence electrons. The van der Waals surface area contributed by atoms with Crippen LogP contribution in [-0.2, 0) is 25.6 Å². The Hall–Kier alpha value is -4.59. The minimum Gasteiger partial charge on any atom is -0.490 e. The van der Waals surface area contributed by atoms with Gasteiger partial charge in [0.15, 0.2) is 0 Å². The maximum absolute atomic E-state index is 13.7. The Balaban J connectivity index is 1.32. The molecule has 0 spiro atoms. The predicted molar refractivity (Wildman–Crippen MR) is 167 cm³/mol. The number of likely N-dealkylation sites (N-methyl/N-ethyl adjacent to an activating group) is 2. The predicted octanol–water partition coefficient (Wildman–Crippen LogP) is -0.301. The van der Waals surface area contributed by atoms with Gasteiger partial charge in [-0.1, -0.05) is 0 Å². The summed E-state index contributed by atoms with van der Waals surface area (Å²) in [6, 6.07) is 3.44. The van der Waals surface area contributed by atoms with Crippen molar-refractivity contribution in [2.24, 2.45) is 0 Å². The van der Waals surface area contributed by atoms with Crippen molar-refractivity contribution >= 4 is 29.5 Å². The Morgan fingerprint density at radius 2 is 1.72 bits per heavy atom. The molecule has 3 aliphatic heterocycles. The lowest BCUT2D eigenvalue weighted by atomic mass is 10.1. The summed E-state index contributed by atoms with van der Waals surface area (Å²) in [4.78, 5) is 81.1. The lowest BCUT2D eigenvalue weighted by molar-refractivity contribution is -0.142. The number of rotatable bonds is 7. The SMILES string of the molecule is CN1C[C@H](NC(=O)CCc2ccncc2)C(=O)N(C)CC(=O)N2C[C@@H](NC(=O)CN3CCCC3)C[C@H]2COc2cncc(c2)C1=O. The van der Waals surface area contributed by atoms with Crippen LogP contribution in [0.2, 0.25) is 0 Å². The molecule has 0 radical (unpaired) electrons. The van der Waals surface area contributed by atoms with E-state index in [0.29, 0.717) is 25.1 Å². The van der Waals surface area contributed by atoms with Crippen LogP contribution in [0.4, 0.5) is 0 Å². The van der Waals surface area contributed by atoms with Gasteiger partial charge in [-0.15, -0.1) is 0 Å². The molecule has 2 aromatic heterocycles. The van der Waals surface area contributed by atoms with Crippen LogP contribution >= 0.6 is 0 Å². The first-order valence-corrected chi connectivity index (χ1v) is 15.7. The van der Waals surface area contributed by atoms with Gasteiger partial charge in [0.1, 0.15) is 18.4 Å². The number of aromatic nitrogens is 2. The second-order valence-electron chi connectivity index (χ2n) is 12.3. The van der Waals surface area contributed by atoms with Gasteiger partial charge < -0.3 is 30.1 Å². The van der Waals surface area contributed by atoms with Crippen molar-refractivity contribution in [2.75, 3.05) is 60.0 Å². The molecule has 2 aromatic rings. The second kappa shape index (κ2) is 15.1. The molecule has 0 unspecified atom stereocenters. The van der Waals surface area contributed by atoms with Crippen LogP contribution in [0.25, 0.3) is 0 Å². The summed E-state index contributed by atoms with van der Waals surface area (Å²) in [5, 5.41) is 5.85. The quantitative estimate of drug-likeness (QED) is 0.417. The molecular weight excluding hydrogens is 592 g/mol. The molecule has 0 aliphatic carbocycles. The monoisotopic (exact) mass is 634 g/mol. The lowest BCUT2D eigenvalue weighted by Crippen LogP contribution is -2.55. The number of nitrogens with one attached hydrogen (secondary N) is 2. The molecular formula is C32H42N8O6. The van der Waals surface area contributed by atoms with Crippen LogP contribution in [0, 0.1) is 0 Å². The molecule has 0 saturated carbocycles. The van der Waals surface area contributed by atoms with Gasteiger partial charge in [-0.25, -0.2) is 0 Å². The third-order valence-electron chi connectivity index (χ3n) is 8.64. The number of ether oxygens (including phenoxy) is 1. The number of hydrogen-bond donors (Lipinski definition) is 2. The number of likely N-dealkylation sites (tertiary alicyclic amines) is 1. The molecule has 5 rings (SSSR count). The van der Waals surface area contributed by atoms with Crippen LogP contribution in [0.15, 0.2) is 43.0 Å². The number of amides is 5. The molecule has 2 bridgehead atoms. The molecule has 46 heavy (non-hydrogen) atoms. The molecule has 2 saturated heterocycles. The highest BCUT2D eigenvalue weighted by Crippen LogP contribution is 2.22. The molecule has 14 heteroatoms. The van der Waals surface area contributed by atoms with Crippen molar-refractivity contribution in [1.29, 1.82) is 0 Å². The third-order valence-corrected chi connectivity index (χ3v) is 8.64. The fourth-order valence-electron chi connectivity index (χ4n) is 6.18. The summed E-state index contributed by atoms with van der Waals surface area (Å²) in [6.45, 7) is 2.13. The van der Waals surface area contributed by atoms with Crippen molar-refractivity contribution < 1.29 is 28.7 Å². The Morgan fingerprint density at radius 3 is 2.48 bits per heavy atom. The van der Waals surface area contributed by atoms with Crippen LogP contribution in [0.1, 0.15) is 41.6 Å². The highest BCUT2D eigenvalue weighted by molar-refractivity contribution is 5.95. The van der Waals surface area contributed by atoms with Crippen molar-refractivity contribution in [2.45, 2.75) is 50.2 Å². The minimum atomic E-state index is -1.10. The van der Waals surface area contributed by atoms with Gasteiger partial charge in [0, 0.05) is 58.2 Å². The molecule has 14 nitrogen and oxygen atoms in total. The van der Waals surface area contributed by atoms with E-state index < -0.39 is 17.9 Å². The summed E-state index contributed by atoms with van der Waals surface area (Å²) < 4.78 is 6.02. The van der Waals surface area contributed by atoms with Gasteiger partial charge in [0.25, 0.3) is 5.91 Å². The molecule has 2 fully saturated rings.